The molecule has 72 heavy (non-hydrogen) atoms. The summed E-state index contributed by atoms with van der Waals surface area (Å²) in [4.78, 5) is 91.0. The highest BCUT2D eigenvalue weighted by atomic mass is 35.5. The van der Waals surface area contributed by atoms with E-state index < -0.39 is 46.1 Å². The van der Waals surface area contributed by atoms with Crippen molar-refractivity contribution in [2.24, 2.45) is 17.8 Å². The number of aliphatic carboxylic acids is 1. The Morgan fingerprint density at radius 3 is 2.38 bits per heavy atom. The summed E-state index contributed by atoms with van der Waals surface area (Å²) >= 11 is 7.40. The Bertz CT molecular complexity index is 2990. The van der Waals surface area contributed by atoms with Crippen LogP contribution in [-0.4, -0.2) is 125 Å². The van der Waals surface area contributed by atoms with Crippen LogP contribution in [-0.2, 0) is 46.3 Å². The molecular formula is C50H54ClN7O12S2. The third-order valence-electron chi connectivity index (χ3n) is 14.3. The first-order chi connectivity index (χ1) is 34.2. The van der Waals surface area contributed by atoms with Crippen molar-refractivity contribution >= 4 is 91.5 Å². The number of imide groups is 1. The van der Waals surface area contributed by atoms with Gasteiger partial charge in [0.05, 0.1) is 17.2 Å². The molecule has 1 aliphatic carbocycles. The van der Waals surface area contributed by atoms with Gasteiger partial charge in [0.15, 0.2) is 17.2 Å². The van der Waals surface area contributed by atoms with Crippen molar-refractivity contribution in [3.8, 4) is 16.2 Å². The zero-order valence-electron chi connectivity index (χ0n) is 39.4. The van der Waals surface area contributed by atoms with E-state index >= 15 is 0 Å². The zero-order chi connectivity index (χ0) is 51.2. The number of anilines is 3. The topological polar surface area (TPSA) is 261 Å². The van der Waals surface area contributed by atoms with Crippen molar-refractivity contribution in [3.05, 3.63) is 93.3 Å². The van der Waals surface area contributed by atoms with Gasteiger partial charge in [-0.15, -0.1) is 11.3 Å². The van der Waals surface area contributed by atoms with Gasteiger partial charge in [-0.05, 0) is 105 Å². The highest BCUT2D eigenvalue weighted by Crippen LogP contribution is 2.47. The van der Waals surface area contributed by atoms with Crippen LogP contribution in [0.25, 0.3) is 10.4 Å². The summed E-state index contributed by atoms with van der Waals surface area (Å²) in [5.41, 5.74) is 3.34. The number of hydrogen-bond donors (Lipinski definition) is 6. The number of carbonyl (C=O) groups is 7. The van der Waals surface area contributed by atoms with Gasteiger partial charge in [-0.1, -0.05) is 41.9 Å². The molecule has 4 aromatic rings. The molecule has 22 heteroatoms. The van der Waals surface area contributed by atoms with Crippen LogP contribution in [0.5, 0.6) is 5.75 Å². The average molecular weight is 1040 g/mol. The third kappa shape index (κ3) is 10.5. The van der Waals surface area contributed by atoms with Gasteiger partial charge in [-0.25, -0.2) is 18.0 Å². The Balaban J connectivity index is 0.747. The number of thiophene rings is 1. The summed E-state index contributed by atoms with van der Waals surface area (Å²) in [6.45, 7) is 4.49. The summed E-state index contributed by atoms with van der Waals surface area (Å²) in [5, 5.41) is 30.8. The number of halogens is 1. The molecule has 5 aliphatic rings. The van der Waals surface area contributed by atoms with Gasteiger partial charge in [0.1, 0.15) is 11.1 Å². The standard InChI is InChI=1S/C50H54ClN7O12S2/c1-50(2)20-34(53-33-9-4-7-28(19-33)44-42(51)43(70-25-41(61)62)45(71-44)49(66)67)14-15-58(50)72(68,69)26-27-6-3-8-32(16-27)54-46(63)29-17-30-22-56(23-31(30)18-29)40(60)21-52-37-11-5-10-35-36(37)24-57(48(35)65)38-12-13-39(59)55-47(38)64/h3-11,16,19,29-31,34,38,52-53H,12-15,17-18,20-26H2,1-2H3,(H,54,63)(H,61,62)(H,66,67)(H,55,59,64)/t29?,30-,31?,34+,38?/m1/s1. The molecule has 5 atom stereocenters. The number of hydrogen-bond acceptors (Lipinski definition) is 13. The molecule has 0 radical (unpaired) electrons. The first kappa shape index (κ1) is 50.4. The maximum atomic E-state index is 14.1. The van der Waals surface area contributed by atoms with Crippen LogP contribution < -0.4 is 26.0 Å². The number of sulfonamides is 1. The van der Waals surface area contributed by atoms with Crippen molar-refractivity contribution in [3.63, 3.8) is 0 Å². The summed E-state index contributed by atoms with van der Waals surface area (Å²) in [7, 11) is -3.82. The number of ether oxygens (including phenoxy) is 1. The number of carbonyl (C=O) groups excluding carboxylic acids is 5. The maximum absolute atomic E-state index is 14.1. The second kappa shape index (κ2) is 20.2. The minimum atomic E-state index is -3.82. The smallest absolute Gasteiger partial charge is 0.349 e. The Hall–Kier alpha value is -6.55. The minimum absolute atomic E-state index is 0.00618. The predicted molar refractivity (Wildman–Crippen MR) is 267 cm³/mol. The van der Waals surface area contributed by atoms with E-state index in [0.29, 0.717) is 83.0 Å². The van der Waals surface area contributed by atoms with Crippen molar-refractivity contribution in [1.29, 1.82) is 0 Å². The average Bonchev–Trinajstić information content (AvgIpc) is 4.08. The lowest BCUT2D eigenvalue weighted by molar-refractivity contribution is -0.139. The molecule has 6 N–H and O–H groups in total. The van der Waals surface area contributed by atoms with E-state index in [-0.39, 0.29) is 101 Å². The number of nitrogens with one attached hydrogen (secondary N) is 4. The highest BCUT2D eigenvalue weighted by molar-refractivity contribution is 7.88. The largest absolute Gasteiger partial charge is 0.479 e. The Kier molecular flexibility index (Phi) is 14.1. The number of piperidine rings is 2. The molecule has 3 aromatic carbocycles. The van der Waals surface area contributed by atoms with Gasteiger partial charge in [0.25, 0.3) is 5.91 Å². The van der Waals surface area contributed by atoms with E-state index in [1.165, 1.54) is 9.21 Å². The van der Waals surface area contributed by atoms with Gasteiger partial charge in [0.2, 0.25) is 33.7 Å². The molecule has 1 saturated carbocycles. The molecule has 3 unspecified atom stereocenters. The number of amides is 5. The number of benzene rings is 3. The van der Waals surface area contributed by atoms with E-state index in [2.05, 4.69) is 21.3 Å². The van der Waals surface area contributed by atoms with E-state index in [4.69, 9.17) is 21.4 Å². The molecule has 5 heterocycles. The minimum Gasteiger partial charge on any atom is -0.479 e. The number of nitrogens with zero attached hydrogens (tertiary/aromatic N) is 3. The molecule has 9 rings (SSSR count). The number of rotatable bonds is 16. The maximum Gasteiger partial charge on any atom is 0.349 e. The van der Waals surface area contributed by atoms with Gasteiger partial charge >= 0.3 is 11.9 Å². The molecule has 3 saturated heterocycles. The van der Waals surface area contributed by atoms with Gasteiger partial charge in [0, 0.05) is 78.3 Å². The van der Waals surface area contributed by atoms with Crippen molar-refractivity contribution < 1.29 is 56.9 Å². The molecule has 0 bridgehead atoms. The SMILES string of the molecule is CC1(C)C[C@@H](Nc2cccc(-c3sc(C(=O)O)c(OCC(=O)O)c3Cl)c2)CCN1S(=O)(=O)Cc1cccc(NC(=O)C2CC3CN(C(=O)CNc4cccc5c4CN(C4CCC(=O)NC4=O)C5=O)C[C@H]3C2)c1. The monoisotopic (exact) mass is 1040 g/mol. The van der Waals surface area contributed by atoms with E-state index in [1.54, 1.807) is 60.7 Å². The fourth-order valence-corrected chi connectivity index (χ4v) is 14.4. The number of fused-ring (bicyclic) bond motifs is 2. The molecule has 4 fully saturated rings. The van der Waals surface area contributed by atoms with E-state index in [9.17, 15) is 47.1 Å². The van der Waals surface area contributed by atoms with E-state index in [0.717, 1.165) is 11.3 Å². The molecule has 5 amide bonds. The lowest BCUT2D eigenvalue weighted by Gasteiger charge is -2.45. The highest BCUT2D eigenvalue weighted by Gasteiger charge is 2.46. The van der Waals surface area contributed by atoms with Crippen molar-refractivity contribution in [2.45, 2.75) is 82.3 Å². The molecule has 4 aliphatic heterocycles. The summed E-state index contributed by atoms with van der Waals surface area (Å²) in [5.74, 6) is -4.41. The predicted octanol–water partition coefficient (Wildman–Crippen LogP) is 5.71. The Labute approximate surface area is 424 Å². The molecule has 380 valence electrons. The Morgan fingerprint density at radius 1 is 0.944 bits per heavy atom. The number of carboxylic acids is 2. The molecule has 19 nitrogen and oxygen atoms in total. The normalized spacial score (nSPS) is 22.8. The fourth-order valence-electron chi connectivity index (χ4n) is 11.0. The second-order valence-electron chi connectivity index (χ2n) is 19.7. The number of carboxylic acid groups (broad SMARTS) is 2. The second-order valence-corrected chi connectivity index (χ2v) is 23.0. The molecule has 0 spiro atoms. The molecular weight excluding hydrogens is 990 g/mol. The van der Waals surface area contributed by atoms with Gasteiger partial charge in [-0.3, -0.25) is 29.3 Å². The number of likely N-dealkylation sites (tertiary alicyclic amines) is 1. The van der Waals surface area contributed by atoms with Crippen LogP contribution in [0.3, 0.4) is 0 Å². The molecule has 1 aromatic heterocycles. The fraction of sp³-hybridized carbons (Fsp3) is 0.420. The third-order valence-corrected chi connectivity index (χ3v) is 18.0. The lowest BCUT2D eigenvalue weighted by atomic mass is 9.89. The van der Waals surface area contributed by atoms with Crippen molar-refractivity contribution in [1.82, 2.24) is 19.4 Å². The first-order valence-electron chi connectivity index (χ1n) is 23.7. The van der Waals surface area contributed by atoms with Gasteiger partial charge in [-0.2, -0.15) is 4.31 Å². The summed E-state index contributed by atoms with van der Waals surface area (Å²) in [6, 6.07) is 18.4. The summed E-state index contributed by atoms with van der Waals surface area (Å²) < 4.78 is 34.9. The van der Waals surface area contributed by atoms with E-state index in [1.807, 2.05) is 24.8 Å². The number of aromatic carboxylic acids is 1. The van der Waals surface area contributed by atoms with Crippen LogP contribution in [0.2, 0.25) is 5.02 Å². The first-order valence-corrected chi connectivity index (χ1v) is 26.5. The van der Waals surface area contributed by atoms with Crippen LogP contribution in [0.15, 0.2) is 66.7 Å². The van der Waals surface area contributed by atoms with Crippen LogP contribution in [0.1, 0.15) is 83.5 Å². The zero-order valence-corrected chi connectivity index (χ0v) is 41.8. The lowest BCUT2D eigenvalue weighted by Crippen LogP contribution is -2.55. The van der Waals surface area contributed by atoms with Crippen LogP contribution in [0, 0.1) is 17.8 Å². The van der Waals surface area contributed by atoms with Crippen LogP contribution >= 0.6 is 22.9 Å². The van der Waals surface area contributed by atoms with Crippen LogP contribution in [0.4, 0.5) is 17.1 Å². The summed E-state index contributed by atoms with van der Waals surface area (Å²) in [6.07, 6.45) is 2.61. The van der Waals surface area contributed by atoms with Gasteiger partial charge < -0.3 is 40.7 Å². The van der Waals surface area contributed by atoms with Crippen molar-refractivity contribution in [2.75, 3.05) is 48.7 Å². The quantitative estimate of drug-likeness (QED) is 0.0735. The Morgan fingerprint density at radius 2 is 1.67 bits per heavy atom.